The monoisotopic (exact) mass is 357 g/mol. The van der Waals surface area contributed by atoms with Crippen LogP contribution in [0.5, 0.6) is 5.75 Å². The molecule has 0 spiro atoms. The maximum absolute atomic E-state index is 12.2. The van der Waals surface area contributed by atoms with Gasteiger partial charge in [-0.1, -0.05) is 62.4 Å². The Balaban J connectivity index is 1.72. The van der Waals surface area contributed by atoms with Crippen molar-refractivity contribution in [3.05, 3.63) is 65.7 Å². The average molecular weight is 358 g/mol. The van der Waals surface area contributed by atoms with Crippen molar-refractivity contribution < 1.29 is 9.53 Å². The highest BCUT2D eigenvalue weighted by Gasteiger charge is 2.16. The van der Waals surface area contributed by atoms with E-state index in [2.05, 4.69) is 31.3 Å². The van der Waals surface area contributed by atoms with Gasteiger partial charge < -0.3 is 10.1 Å². The Kier molecular flexibility index (Phi) is 7.86. The lowest BCUT2D eigenvalue weighted by atomic mass is 10.0. The number of benzene rings is 2. The lowest BCUT2D eigenvalue weighted by molar-refractivity contribution is -0.127. The number of para-hydroxylation sites is 1. The van der Waals surface area contributed by atoms with Gasteiger partial charge in [0.05, 0.1) is 0 Å². The maximum Gasteiger partial charge on any atom is 0.260 e. The van der Waals surface area contributed by atoms with Crippen molar-refractivity contribution in [2.24, 2.45) is 0 Å². The summed E-state index contributed by atoms with van der Waals surface area (Å²) in [6.07, 6.45) is -0.501. The summed E-state index contributed by atoms with van der Waals surface area (Å²) in [6, 6.07) is 18.3. The summed E-state index contributed by atoms with van der Waals surface area (Å²) < 4.78 is 5.88. The number of thioether (sulfide) groups is 1. The van der Waals surface area contributed by atoms with Gasteiger partial charge >= 0.3 is 0 Å². The number of carbonyl (C=O) groups excluding carboxylic acids is 1. The molecule has 1 N–H and O–H groups in total. The van der Waals surface area contributed by atoms with E-state index < -0.39 is 6.10 Å². The molecule has 1 atom stereocenters. The SMILES string of the molecule is CC(C)c1ccccc1O[C@@H](C)C(=O)NCCSCc1ccccc1. The maximum atomic E-state index is 12.2. The van der Waals surface area contributed by atoms with E-state index in [1.54, 1.807) is 6.92 Å². The zero-order valence-corrected chi connectivity index (χ0v) is 16.0. The molecule has 3 nitrogen and oxygen atoms in total. The van der Waals surface area contributed by atoms with Crippen LogP contribution in [0.2, 0.25) is 0 Å². The molecule has 0 aliphatic rings. The highest BCUT2D eigenvalue weighted by molar-refractivity contribution is 7.98. The molecule has 0 fully saturated rings. The van der Waals surface area contributed by atoms with Gasteiger partial charge in [-0.3, -0.25) is 4.79 Å². The summed E-state index contributed by atoms with van der Waals surface area (Å²) >= 11 is 1.81. The predicted octanol–water partition coefficient (Wildman–Crippen LogP) is 4.63. The number of rotatable bonds is 9. The van der Waals surface area contributed by atoms with Gasteiger partial charge in [0.1, 0.15) is 5.75 Å². The molecule has 0 radical (unpaired) electrons. The van der Waals surface area contributed by atoms with E-state index in [-0.39, 0.29) is 5.91 Å². The first kappa shape index (κ1) is 19.4. The molecular weight excluding hydrogens is 330 g/mol. The first-order chi connectivity index (χ1) is 12.1. The lowest BCUT2D eigenvalue weighted by Crippen LogP contribution is -2.37. The van der Waals surface area contributed by atoms with Crippen LogP contribution in [0.1, 0.15) is 37.8 Å². The van der Waals surface area contributed by atoms with Crippen LogP contribution in [0, 0.1) is 0 Å². The molecule has 2 rings (SSSR count). The topological polar surface area (TPSA) is 38.3 Å². The first-order valence-corrected chi connectivity index (χ1v) is 9.88. The van der Waals surface area contributed by atoms with Crippen LogP contribution in [0.15, 0.2) is 54.6 Å². The van der Waals surface area contributed by atoms with Crippen LogP contribution in [-0.4, -0.2) is 24.3 Å². The molecule has 2 aromatic rings. The smallest absolute Gasteiger partial charge is 0.260 e. The van der Waals surface area contributed by atoms with E-state index in [4.69, 9.17) is 4.74 Å². The summed E-state index contributed by atoms with van der Waals surface area (Å²) in [6.45, 7) is 6.69. The second kappa shape index (κ2) is 10.1. The van der Waals surface area contributed by atoms with E-state index in [0.717, 1.165) is 22.8 Å². The fourth-order valence-electron chi connectivity index (χ4n) is 2.46. The standard InChI is InChI=1S/C21H27NO2S/c1-16(2)19-11-7-8-12-20(19)24-17(3)21(23)22-13-14-25-15-18-9-5-4-6-10-18/h4-12,16-17H,13-15H2,1-3H3,(H,22,23)/t17-/m0/s1. The van der Waals surface area contributed by atoms with Crippen molar-refractivity contribution in [1.29, 1.82) is 0 Å². The Morgan fingerprint density at radius 3 is 2.44 bits per heavy atom. The minimum atomic E-state index is -0.501. The largest absolute Gasteiger partial charge is 0.481 e. The van der Waals surface area contributed by atoms with Gasteiger partial charge in [-0.05, 0) is 30.0 Å². The highest BCUT2D eigenvalue weighted by atomic mass is 32.2. The van der Waals surface area contributed by atoms with E-state index in [1.165, 1.54) is 5.56 Å². The van der Waals surface area contributed by atoms with Gasteiger partial charge in [0, 0.05) is 18.1 Å². The molecule has 0 saturated heterocycles. The number of hydrogen-bond acceptors (Lipinski definition) is 3. The van der Waals surface area contributed by atoms with Gasteiger partial charge in [-0.2, -0.15) is 11.8 Å². The van der Waals surface area contributed by atoms with E-state index in [1.807, 2.05) is 54.2 Å². The van der Waals surface area contributed by atoms with Crippen molar-refractivity contribution in [3.63, 3.8) is 0 Å². The van der Waals surface area contributed by atoms with Crippen LogP contribution in [0.4, 0.5) is 0 Å². The highest BCUT2D eigenvalue weighted by Crippen LogP contribution is 2.26. The minimum absolute atomic E-state index is 0.0705. The summed E-state index contributed by atoms with van der Waals surface area (Å²) in [5.74, 6) is 2.93. The zero-order chi connectivity index (χ0) is 18.1. The van der Waals surface area contributed by atoms with Crippen molar-refractivity contribution in [3.8, 4) is 5.75 Å². The molecule has 0 aromatic heterocycles. The Bertz CT molecular complexity index is 658. The van der Waals surface area contributed by atoms with Crippen molar-refractivity contribution >= 4 is 17.7 Å². The molecule has 0 bridgehead atoms. The molecular formula is C21H27NO2S. The fraction of sp³-hybridized carbons (Fsp3) is 0.381. The summed E-state index contributed by atoms with van der Waals surface area (Å²) in [5, 5.41) is 2.95. The van der Waals surface area contributed by atoms with Gasteiger partial charge in [0.2, 0.25) is 0 Å². The minimum Gasteiger partial charge on any atom is -0.481 e. The van der Waals surface area contributed by atoms with E-state index >= 15 is 0 Å². The number of amides is 1. The fourth-order valence-corrected chi connectivity index (χ4v) is 3.28. The molecule has 25 heavy (non-hydrogen) atoms. The second-order valence-electron chi connectivity index (χ2n) is 6.28. The molecule has 2 aromatic carbocycles. The average Bonchev–Trinajstić information content (AvgIpc) is 2.62. The Morgan fingerprint density at radius 2 is 1.72 bits per heavy atom. The number of carbonyl (C=O) groups is 1. The van der Waals surface area contributed by atoms with E-state index in [0.29, 0.717) is 12.5 Å². The van der Waals surface area contributed by atoms with Crippen LogP contribution in [0.25, 0.3) is 0 Å². The van der Waals surface area contributed by atoms with Crippen LogP contribution in [0.3, 0.4) is 0 Å². The Hall–Kier alpha value is -1.94. The molecule has 0 aliphatic carbocycles. The molecule has 0 heterocycles. The van der Waals surface area contributed by atoms with Crippen molar-refractivity contribution in [2.45, 2.75) is 38.5 Å². The summed E-state index contributed by atoms with van der Waals surface area (Å²) in [7, 11) is 0. The summed E-state index contributed by atoms with van der Waals surface area (Å²) in [5.41, 5.74) is 2.43. The van der Waals surface area contributed by atoms with Crippen LogP contribution in [-0.2, 0) is 10.5 Å². The number of nitrogens with one attached hydrogen (secondary N) is 1. The third-order valence-corrected chi connectivity index (χ3v) is 4.90. The van der Waals surface area contributed by atoms with Gasteiger partial charge in [0.25, 0.3) is 5.91 Å². The molecule has 1 amide bonds. The third kappa shape index (κ3) is 6.46. The van der Waals surface area contributed by atoms with Crippen molar-refractivity contribution in [1.82, 2.24) is 5.32 Å². The molecule has 0 saturated carbocycles. The second-order valence-corrected chi connectivity index (χ2v) is 7.39. The third-order valence-electron chi connectivity index (χ3n) is 3.87. The van der Waals surface area contributed by atoms with Gasteiger partial charge in [-0.15, -0.1) is 0 Å². The normalized spacial score (nSPS) is 12.0. The summed E-state index contributed by atoms with van der Waals surface area (Å²) in [4.78, 5) is 12.2. The van der Waals surface area contributed by atoms with Gasteiger partial charge in [0.15, 0.2) is 6.10 Å². The number of hydrogen-bond donors (Lipinski definition) is 1. The Labute approximate surface area is 155 Å². The predicted molar refractivity (Wildman–Crippen MR) is 106 cm³/mol. The van der Waals surface area contributed by atoms with E-state index in [9.17, 15) is 4.79 Å². The van der Waals surface area contributed by atoms with Crippen LogP contribution < -0.4 is 10.1 Å². The Morgan fingerprint density at radius 1 is 1.04 bits per heavy atom. The van der Waals surface area contributed by atoms with Gasteiger partial charge in [-0.25, -0.2) is 0 Å². The lowest BCUT2D eigenvalue weighted by Gasteiger charge is -2.18. The molecule has 0 aliphatic heterocycles. The van der Waals surface area contributed by atoms with Crippen LogP contribution >= 0.6 is 11.8 Å². The van der Waals surface area contributed by atoms with Crippen molar-refractivity contribution in [2.75, 3.05) is 12.3 Å². The molecule has 0 unspecified atom stereocenters. The molecule has 4 heteroatoms. The quantitative estimate of drug-likeness (QED) is 0.665. The first-order valence-electron chi connectivity index (χ1n) is 8.73. The molecule has 134 valence electrons. The number of ether oxygens (including phenoxy) is 1. The zero-order valence-electron chi connectivity index (χ0n) is 15.2.